The van der Waals surface area contributed by atoms with Gasteiger partial charge in [0.15, 0.2) is 0 Å². The van der Waals surface area contributed by atoms with Crippen LogP contribution in [0.25, 0.3) is 6.08 Å². The fraction of sp³-hybridized carbons (Fsp3) is 0.200. The monoisotopic (exact) mass is 351 g/mol. The second-order valence-corrected chi connectivity index (χ2v) is 5.89. The van der Waals surface area contributed by atoms with Crippen LogP contribution in [-0.2, 0) is 9.59 Å². The topological polar surface area (TPSA) is 72.9 Å². The maximum absolute atomic E-state index is 12.6. The van der Waals surface area contributed by atoms with Crippen molar-refractivity contribution in [2.24, 2.45) is 0 Å². The third-order valence-electron chi connectivity index (χ3n) is 4.35. The van der Waals surface area contributed by atoms with Gasteiger partial charge in [-0.1, -0.05) is 18.2 Å². The number of aromatic hydroxyl groups is 1. The molecular weight excluding hydrogens is 330 g/mol. The SMILES string of the molecule is CCN(CC)c1ccc(/C=C2/C(=O)NN(c3ccccc3)C2=O)c(O)c1. The van der Waals surface area contributed by atoms with Gasteiger partial charge in [0.05, 0.1) is 5.69 Å². The molecule has 0 unspecified atom stereocenters. The summed E-state index contributed by atoms with van der Waals surface area (Å²) in [6.45, 7) is 5.72. The maximum Gasteiger partial charge on any atom is 0.282 e. The minimum absolute atomic E-state index is 0.0141. The van der Waals surface area contributed by atoms with Crippen LogP contribution in [0.5, 0.6) is 5.75 Å². The van der Waals surface area contributed by atoms with E-state index in [0.717, 1.165) is 18.8 Å². The van der Waals surface area contributed by atoms with Crippen LogP contribution in [0, 0.1) is 0 Å². The highest BCUT2D eigenvalue weighted by molar-refractivity contribution is 6.31. The molecule has 2 N–H and O–H groups in total. The van der Waals surface area contributed by atoms with Gasteiger partial charge in [-0.2, -0.15) is 0 Å². The van der Waals surface area contributed by atoms with Crippen LogP contribution in [0.1, 0.15) is 19.4 Å². The van der Waals surface area contributed by atoms with Gasteiger partial charge >= 0.3 is 0 Å². The number of hydrazine groups is 1. The Kier molecular flexibility index (Phi) is 4.93. The standard InChI is InChI=1S/C20H21N3O3/c1-3-22(4-2)16-11-10-14(18(24)13-16)12-17-19(25)21-23(20(17)26)15-8-6-5-7-9-15/h5-13,24H,3-4H2,1-2H3,(H,21,25)/b17-12-. The highest BCUT2D eigenvalue weighted by Gasteiger charge is 2.34. The quantitative estimate of drug-likeness (QED) is 0.642. The minimum Gasteiger partial charge on any atom is -0.507 e. The third-order valence-corrected chi connectivity index (χ3v) is 4.35. The Labute approximate surface area is 152 Å². The predicted octanol–water partition coefficient (Wildman–Crippen LogP) is 2.70. The lowest BCUT2D eigenvalue weighted by Crippen LogP contribution is -2.35. The number of rotatable bonds is 5. The summed E-state index contributed by atoms with van der Waals surface area (Å²) in [5, 5.41) is 11.5. The Bertz CT molecular complexity index is 858. The molecule has 0 atom stereocenters. The molecule has 0 aliphatic carbocycles. The van der Waals surface area contributed by atoms with Crippen molar-refractivity contribution < 1.29 is 14.7 Å². The molecular formula is C20H21N3O3. The van der Waals surface area contributed by atoms with Crippen LogP contribution in [0.3, 0.4) is 0 Å². The number of phenolic OH excluding ortho intramolecular Hbond substituents is 1. The number of nitrogens with one attached hydrogen (secondary N) is 1. The molecule has 134 valence electrons. The van der Waals surface area contributed by atoms with Gasteiger partial charge in [-0.05, 0) is 44.2 Å². The van der Waals surface area contributed by atoms with Crippen LogP contribution in [0.15, 0.2) is 54.1 Å². The first-order chi connectivity index (χ1) is 12.5. The molecule has 0 saturated carbocycles. The number of benzene rings is 2. The summed E-state index contributed by atoms with van der Waals surface area (Å²) in [5.41, 5.74) is 4.43. The van der Waals surface area contributed by atoms with Gasteiger partial charge in [-0.3, -0.25) is 15.0 Å². The Hall–Kier alpha value is -3.28. The molecule has 6 nitrogen and oxygen atoms in total. The lowest BCUT2D eigenvalue weighted by Gasteiger charge is -2.21. The zero-order valence-corrected chi connectivity index (χ0v) is 14.8. The van der Waals surface area contributed by atoms with Crippen molar-refractivity contribution in [1.29, 1.82) is 0 Å². The zero-order chi connectivity index (χ0) is 18.7. The molecule has 26 heavy (non-hydrogen) atoms. The van der Waals surface area contributed by atoms with E-state index in [1.54, 1.807) is 36.4 Å². The summed E-state index contributed by atoms with van der Waals surface area (Å²) in [4.78, 5) is 26.9. The summed E-state index contributed by atoms with van der Waals surface area (Å²) in [5.74, 6) is -0.917. The maximum atomic E-state index is 12.6. The van der Waals surface area contributed by atoms with E-state index in [4.69, 9.17) is 0 Å². The second-order valence-electron chi connectivity index (χ2n) is 5.89. The number of phenols is 1. The first-order valence-electron chi connectivity index (χ1n) is 8.55. The number of carbonyl (C=O) groups excluding carboxylic acids is 2. The zero-order valence-electron chi connectivity index (χ0n) is 14.8. The summed E-state index contributed by atoms with van der Waals surface area (Å²) >= 11 is 0. The van der Waals surface area contributed by atoms with E-state index in [2.05, 4.69) is 10.3 Å². The van der Waals surface area contributed by atoms with E-state index in [1.165, 1.54) is 11.1 Å². The summed E-state index contributed by atoms with van der Waals surface area (Å²) in [7, 11) is 0. The molecule has 1 aliphatic heterocycles. The lowest BCUT2D eigenvalue weighted by atomic mass is 10.1. The Morgan fingerprint density at radius 3 is 2.38 bits per heavy atom. The van der Waals surface area contributed by atoms with Crippen LogP contribution >= 0.6 is 0 Å². The average molecular weight is 351 g/mol. The molecule has 2 aromatic rings. The molecule has 0 aromatic heterocycles. The highest BCUT2D eigenvalue weighted by atomic mass is 16.3. The Morgan fingerprint density at radius 2 is 1.77 bits per heavy atom. The van der Waals surface area contributed by atoms with Crippen molar-refractivity contribution in [1.82, 2.24) is 5.43 Å². The van der Waals surface area contributed by atoms with Crippen LogP contribution in [0.4, 0.5) is 11.4 Å². The highest BCUT2D eigenvalue weighted by Crippen LogP contribution is 2.28. The molecule has 0 spiro atoms. The van der Waals surface area contributed by atoms with Crippen LogP contribution in [-0.4, -0.2) is 30.0 Å². The van der Waals surface area contributed by atoms with Crippen molar-refractivity contribution in [3.05, 3.63) is 59.7 Å². The summed E-state index contributed by atoms with van der Waals surface area (Å²) in [6.07, 6.45) is 1.42. The number of nitrogens with zero attached hydrogens (tertiary/aromatic N) is 2. The number of carbonyl (C=O) groups is 2. The molecule has 0 bridgehead atoms. The third kappa shape index (κ3) is 3.26. The molecule has 1 heterocycles. The van der Waals surface area contributed by atoms with Gasteiger partial charge in [0.2, 0.25) is 0 Å². The average Bonchev–Trinajstić information content (AvgIpc) is 2.93. The Morgan fingerprint density at radius 1 is 1.08 bits per heavy atom. The summed E-state index contributed by atoms with van der Waals surface area (Å²) in [6, 6.07) is 14.1. The molecule has 1 aliphatic rings. The van der Waals surface area contributed by atoms with E-state index < -0.39 is 11.8 Å². The molecule has 2 amide bonds. The van der Waals surface area contributed by atoms with E-state index in [0.29, 0.717) is 11.3 Å². The predicted molar refractivity (Wildman–Crippen MR) is 102 cm³/mol. The fourth-order valence-corrected chi connectivity index (χ4v) is 2.91. The number of amides is 2. The fourth-order valence-electron chi connectivity index (χ4n) is 2.91. The minimum atomic E-state index is -0.494. The number of anilines is 2. The molecule has 3 rings (SSSR count). The van der Waals surface area contributed by atoms with Gasteiger partial charge in [-0.15, -0.1) is 0 Å². The van der Waals surface area contributed by atoms with E-state index >= 15 is 0 Å². The smallest absolute Gasteiger partial charge is 0.282 e. The van der Waals surface area contributed by atoms with Crippen LogP contribution < -0.4 is 15.3 Å². The molecule has 1 saturated heterocycles. The van der Waals surface area contributed by atoms with Gasteiger partial charge in [-0.25, -0.2) is 5.01 Å². The first-order valence-corrected chi connectivity index (χ1v) is 8.55. The number of hydrogen-bond donors (Lipinski definition) is 2. The van der Waals surface area contributed by atoms with Crippen molar-refractivity contribution in [3.8, 4) is 5.75 Å². The summed E-state index contributed by atoms with van der Waals surface area (Å²) < 4.78 is 0. The van der Waals surface area contributed by atoms with Gasteiger partial charge in [0.1, 0.15) is 11.3 Å². The molecule has 6 heteroatoms. The van der Waals surface area contributed by atoms with Gasteiger partial charge in [0.25, 0.3) is 11.8 Å². The molecule has 0 radical (unpaired) electrons. The first kappa shape index (κ1) is 17.5. The van der Waals surface area contributed by atoms with Crippen molar-refractivity contribution in [3.63, 3.8) is 0 Å². The number of para-hydroxylation sites is 1. The van der Waals surface area contributed by atoms with Crippen molar-refractivity contribution in [2.75, 3.05) is 23.0 Å². The van der Waals surface area contributed by atoms with Crippen molar-refractivity contribution in [2.45, 2.75) is 13.8 Å². The molecule has 1 fully saturated rings. The molecule has 2 aromatic carbocycles. The van der Waals surface area contributed by atoms with Crippen molar-refractivity contribution >= 4 is 29.3 Å². The van der Waals surface area contributed by atoms with E-state index in [1.807, 2.05) is 26.0 Å². The van der Waals surface area contributed by atoms with Gasteiger partial charge < -0.3 is 10.0 Å². The van der Waals surface area contributed by atoms with Gasteiger partial charge in [0, 0.05) is 30.4 Å². The second kappa shape index (κ2) is 7.31. The lowest BCUT2D eigenvalue weighted by molar-refractivity contribution is -0.117. The van der Waals surface area contributed by atoms with E-state index in [-0.39, 0.29) is 11.3 Å². The van der Waals surface area contributed by atoms with E-state index in [9.17, 15) is 14.7 Å². The van der Waals surface area contributed by atoms with Crippen LogP contribution in [0.2, 0.25) is 0 Å². The Balaban J connectivity index is 1.90. The number of hydrogen-bond acceptors (Lipinski definition) is 4. The normalized spacial score (nSPS) is 15.5. The largest absolute Gasteiger partial charge is 0.507 e.